The molecule has 0 aromatic rings. The van der Waals surface area contributed by atoms with Gasteiger partial charge in [0.1, 0.15) is 11.3 Å². The second-order valence-corrected chi connectivity index (χ2v) is 5.78. The Labute approximate surface area is 106 Å². The number of halogens is 1. The zero-order valence-corrected chi connectivity index (χ0v) is 11.0. The lowest BCUT2D eigenvalue weighted by Crippen LogP contribution is -2.41. The first kappa shape index (κ1) is 14.7. The summed E-state index contributed by atoms with van der Waals surface area (Å²) in [6.07, 6.45) is -0.280. The Balaban J connectivity index is 2.40. The van der Waals surface area contributed by atoms with Crippen molar-refractivity contribution in [2.24, 2.45) is 5.92 Å². The van der Waals surface area contributed by atoms with E-state index in [1.54, 1.807) is 20.8 Å². The van der Waals surface area contributed by atoms with Crippen LogP contribution in [0.3, 0.4) is 0 Å². The molecule has 5 nitrogen and oxygen atoms in total. The molecule has 0 aromatic carbocycles. The third-order valence-corrected chi connectivity index (χ3v) is 2.85. The van der Waals surface area contributed by atoms with E-state index in [2.05, 4.69) is 5.32 Å². The molecule has 0 unspecified atom stereocenters. The topological polar surface area (TPSA) is 75.6 Å². The Morgan fingerprint density at radius 1 is 1.50 bits per heavy atom. The fraction of sp³-hybridized carbons (Fsp3) is 0.833. The third kappa shape index (κ3) is 4.50. The summed E-state index contributed by atoms with van der Waals surface area (Å²) < 4.78 is 19.2. The van der Waals surface area contributed by atoms with Gasteiger partial charge in [0.05, 0.1) is 12.5 Å². The number of nitrogens with one attached hydrogen (secondary N) is 1. The van der Waals surface area contributed by atoms with Crippen LogP contribution in [0, 0.1) is 5.92 Å². The van der Waals surface area contributed by atoms with Crippen molar-refractivity contribution in [2.75, 3.05) is 6.54 Å². The third-order valence-electron chi connectivity index (χ3n) is 2.85. The summed E-state index contributed by atoms with van der Waals surface area (Å²) in [5, 5.41) is 11.1. The van der Waals surface area contributed by atoms with E-state index in [0.29, 0.717) is 6.42 Å². The molecule has 2 atom stereocenters. The molecule has 18 heavy (non-hydrogen) atoms. The Bertz CT molecular complexity index is 339. The van der Waals surface area contributed by atoms with Crippen molar-refractivity contribution in [1.29, 1.82) is 0 Å². The number of carbonyl (C=O) groups is 2. The summed E-state index contributed by atoms with van der Waals surface area (Å²) in [6, 6.07) is 0. The predicted octanol–water partition coefficient (Wildman–Crippen LogP) is 2.10. The van der Waals surface area contributed by atoms with Crippen molar-refractivity contribution in [2.45, 2.75) is 51.3 Å². The lowest BCUT2D eigenvalue weighted by Gasteiger charge is -2.23. The molecule has 0 radical (unpaired) electrons. The second-order valence-electron chi connectivity index (χ2n) is 5.78. The highest BCUT2D eigenvalue weighted by molar-refractivity contribution is 5.71. The van der Waals surface area contributed by atoms with E-state index in [1.807, 2.05) is 0 Å². The minimum atomic E-state index is -1.64. The second kappa shape index (κ2) is 5.12. The molecule has 1 rings (SSSR count). The molecule has 0 saturated heterocycles. The summed E-state index contributed by atoms with van der Waals surface area (Å²) in [6.45, 7) is 4.95. The number of carbonyl (C=O) groups excluding carboxylic acids is 1. The number of aliphatic carboxylic acids is 1. The van der Waals surface area contributed by atoms with Crippen LogP contribution in [0.5, 0.6) is 0 Å². The van der Waals surface area contributed by atoms with E-state index >= 15 is 0 Å². The molecule has 1 amide bonds. The summed E-state index contributed by atoms with van der Waals surface area (Å²) in [4.78, 5) is 22.1. The first-order valence-corrected chi connectivity index (χ1v) is 6.00. The van der Waals surface area contributed by atoms with Gasteiger partial charge in [0, 0.05) is 0 Å². The lowest BCUT2D eigenvalue weighted by atomic mass is 10.0. The van der Waals surface area contributed by atoms with Crippen LogP contribution in [0.25, 0.3) is 0 Å². The van der Waals surface area contributed by atoms with Crippen LogP contribution in [-0.2, 0) is 9.53 Å². The Morgan fingerprint density at radius 3 is 2.56 bits per heavy atom. The van der Waals surface area contributed by atoms with Gasteiger partial charge < -0.3 is 15.2 Å². The summed E-state index contributed by atoms with van der Waals surface area (Å²) in [5.41, 5.74) is -2.27. The number of hydrogen-bond donors (Lipinski definition) is 2. The molecule has 0 aromatic heterocycles. The van der Waals surface area contributed by atoms with Gasteiger partial charge in [-0.15, -0.1) is 0 Å². The maximum atomic E-state index is 14.2. The molecular weight excluding hydrogens is 241 g/mol. The molecule has 1 saturated carbocycles. The molecule has 0 aliphatic heterocycles. The Morgan fingerprint density at radius 2 is 2.11 bits per heavy atom. The van der Waals surface area contributed by atoms with Crippen LogP contribution in [0.15, 0.2) is 0 Å². The number of rotatable bonds is 3. The van der Waals surface area contributed by atoms with Crippen molar-refractivity contribution in [1.82, 2.24) is 5.32 Å². The van der Waals surface area contributed by atoms with Gasteiger partial charge in [-0.1, -0.05) is 0 Å². The summed E-state index contributed by atoms with van der Waals surface area (Å²) in [7, 11) is 0. The minimum absolute atomic E-state index is 0.0574. The van der Waals surface area contributed by atoms with Gasteiger partial charge in [-0.2, -0.15) is 0 Å². The molecule has 0 heterocycles. The van der Waals surface area contributed by atoms with E-state index in [1.165, 1.54) is 0 Å². The SMILES string of the molecule is CC(C)(C)OC(=O)NC[C@@]1(F)CC[C@@H](C(=O)O)C1. The van der Waals surface area contributed by atoms with Crippen molar-refractivity contribution >= 4 is 12.1 Å². The Hall–Kier alpha value is -1.33. The van der Waals surface area contributed by atoms with Crippen molar-refractivity contribution in [3.8, 4) is 0 Å². The molecular formula is C12H20FNO4. The maximum Gasteiger partial charge on any atom is 0.407 e. The molecule has 6 heteroatoms. The number of carboxylic acids is 1. The van der Waals surface area contributed by atoms with Crippen LogP contribution >= 0.6 is 0 Å². The highest BCUT2D eigenvalue weighted by Crippen LogP contribution is 2.37. The monoisotopic (exact) mass is 261 g/mol. The Kier molecular flexibility index (Phi) is 4.19. The standard InChI is InChI=1S/C12H20FNO4/c1-11(2,3)18-10(17)14-7-12(13)5-4-8(6-12)9(15)16/h8H,4-7H2,1-3H3,(H,14,17)(H,15,16)/t8-,12-/m1/s1. The van der Waals surface area contributed by atoms with E-state index in [-0.39, 0.29) is 19.4 Å². The predicted molar refractivity (Wildman–Crippen MR) is 63.1 cm³/mol. The molecule has 0 bridgehead atoms. The molecule has 2 N–H and O–H groups in total. The average molecular weight is 261 g/mol. The first-order valence-electron chi connectivity index (χ1n) is 6.00. The largest absolute Gasteiger partial charge is 0.481 e. The molecule has 0 spiro atoms. The van der Waals surface area contributed by atoms with Crippen molar-refractivity contribution < 1.29 is 23.8 Å². The highest BCUT2D eigenvalue weighted by Gasteiger charge is 2.42. The van der Waals surface area contributed by atoms with E-state index in [4.69, 9.17) is 9.84 Å². The number of amides is 1. The van der Waals surface area contributed by atoms with Crippen LogP contribution < -0.4 is 5.32 Å². The van der Waals surface area contributed by atoms with Crippen LogP contribution in [0.1, 0.15) is 40.0 Å². The van der Waals surface area contributed by atoms with E-state index < -0.39 is 29.3 Å². The van der Waals surface area contributed by atoms with Crippen LogP contribution in [-0.4, -0.2) is 35.0 Å². The van der Waals surface area contributed by atoms with Gasteiger partial charge in [-0.05, 0) is 40.0 Å². The zero-order chi connectivity index (χ0) is 14.0. The average Bonchev–Trinajstić information content (AvgIpc) is 2.56. The van der Waals surface area contributed by atoms with Gasteiger partial charge in [-0.25, -0.2) is 9.18 Å². The summed E-state index contributed by atoms with van der Waals surface area (Å²) >= 11 is 0. The van der Waals surface area contributed by atoms with Crippen LogP contribution in [0.4, 0.5) is 9.18 Å². The smallest absolute Gasteiger partial charge is 0.407 e. The van der Waals surface area contributed by atoms with Gasteiger partial charge in [0.2, 0.25) is 0 Å². The van der Waals surface area contributed by atoms with Gasteiger partial charge in [0.15, 0.2) is 0 Å². The number of carboxylic acid groups (broad SMARTS) is 1. The number of ether oxygens (including phenoxy) is 1. The number of alkyl carbamates (subject to hydrolysis) is 1. The fourth-order valence-corrected chi connectivity index (χ4v) is 1.99. The van der Waals surface area contributed by atoms with E-state index in [9.17, 15) is 14.0 Å². The maximum absolute atomic E-state index is 14.2. The fourth-order valence-electron chi connectivity index (χ4n) is 1.99. The number of hydrogen-bond acceptors (Lipinski definition) is 3. The van der Waals surface area contributed by atoms with Crippen molar-refractivity contribution in [3.05, 3.63) is 0 Å². The number of alkyl halides is 1. The molecule has 1 aliphatic rings. The van der Waals surface area contributed by atoms with Crippen molar-refractivity contribution in [3.63, 3.8) is 0 Å². The lowest BCUT2D eigenvalue weighted by molar-refractivity contribution is -0.141. The van der Waals surface area contributed by atoms with Gasteiger partial charge in [-0.3, -0.25) is 4.79 Å². The van der Waals surface area contributed by atoms with Gasteiger partial charge in [0.25, 0.3) is 0 Å². The molecule has 1 fully saturated rings. The zero-order valence-electron chi connectivity index (χ0n) is 11.0. The first-order chi connectivity index (χ1) is 8.11. The quantitative estimate of drug-likeness (QED) is 0.815. The molecule has 104 valence electrons. The normalized spacial score (nSPS) is 27.9. The minimum Gasteiger partial charge on any atom is -0.481 e. The van der Waals surface area contributed by atoms with E-state index in [0.717, 1.165) is 0 Å². The molecule has 1 aliphatic carbocycles. The highest BCUT2D eigenvalue weighted by atomic mass is 19.1. The van der Waals surface area contributed by atoms with Crippen LogP contribution in [0.2, 0.25) is 0 Å². The van der Waals surface area contributed by atoms with Gasteiger partial charge >= 0.3 is 12.1 Å². The summed E-state index contributed by atoms with van der Waals surface area (Å²) in [5.74, 6) is -1.64.